The van der Waals surface area contributed by atoms with Crippen molar-refractivity contribution in [1.29, 1.82) is 5.26 Å². The number of hydrogen-bond donors (Lipinski definition) is 1. The van der Waals surface area contributed by atoms with Gasteiger partial charge in [0, 0.05) is 5.69 Å². The molecule has 1 amide bonds. The first-order valence-electron chi connectivity index (χ1n) is 9.55. The smallest absolute Gasteiger partial charge is 0.266 e. The van der Waals surface area contributed by atoms with Gasteiger partial charge in [-0.15, -0.1) is 0 Å². The monoisotopic (exact) mass is 414 g/mol. The number of carbonyl (C=O) groups is 1. The second-order valence-corrected chi connectivity index (χ2v) is 6.54. The molecule has 0 radical (unpaired) electrons. The van der Waals surface area contributed by atoms with E-state index < -0.39 is 5.91 Å². The van der Waals surface area contributed by atoms with Crippen LogP contribution in [0.1, 0.15) is 11.1 Å². The minimum absolute atomic E-state index is 0.0324. The van der Waals surface area contributed by atoms with Crippen molar-refractivity contribution in [3.05, 3.63) is 89.5 Å². The maximum Gasteiger partial charge on any atom is 0.266 e. The number of benzene rings is 3. The third kappa shape index (κ3) is 5.87. The minimum atomic E-state index is -0.504. The third-order valence-corrected chi connectivity index (χ3v) is 4.45. The number of methoxy groups -OCH3 is 2. The summed E-state index contributed by atoms with van der Waals surface area (Å²) < 4.78 is 16.4. The van der Waals surface area contributed by atoms with E-state index in [1.807, 2.05) is 36.4 Å². The number of ether oxygens (including phenoxy) is 3. The molecule has 0 heterocycles. The number of hydrogen-bond acceptors (Lipinski definition) is 5. The van der Waals surface area contributed by atoms with Crippen molar-refractivity contribution in [1.82, 2.24) is 0 Å². The topological polar surface area (TPSA) is 80.6 Å². The molecule has 0 aliphatic heterocycles. The summed E-state index contributed by atoms with van der Waals surface area (Å²) in [6.45, 7) is 0.368. The van der Waals surface area contributed by atoms with Gasteiger partial charge < -0.3 is 19.5 Å². The van der Waals surface area contributed by atoms with Gasteiger partial charge in [0.1, 0.15) is 24.0 Å². The summed E-state index contributed by atoms with van der Waals surface area (Å²) in [7, 11) is 3.13. The maximum absolute atomic E-state index is 12.5. The van der Waals surface area contributed by atoms with Crippen LogP contribution in [0.4, 0.5) is 5.69 Å². The van der Waals surface area contributed by atoms with Crippen molar-refractivity contribution in [2.75, 3.05) is 19.5 Å². The fourth-order valence-corrected chi connectivity index (χ4v) is 2.82. The van der Waals surface area contributed by atoms with Gasteiger partial charge in [0.05, 0.1) is 14.2 Å². The lowest BCUT2D eigenvalue weighted by Gasteiger charge is -2.12. The average molecular weight is 414 g/mol. The Bertz CT molecular complexity index is 1100. The second kappa shape index (κ2) is 10.5. The van der Waals surface area contributed by atoms with E-state index >= 15 is 0 Å². The van der Waals surface area contributed by atoms with Gasteiger partial charge in [0.15, 0.2) is 11.5 Å². The van der Waals surface area contributed by atoms with Gasteiger partial charge in [-0.3, -0.25) is 4.79 Å². The van der Waals surface area contributed by atoms with Crippen molar-refractivity contribution in [3.8, 4) is 23.3 Å². The zero-order valence-corrected chi connectivity index (χ0v) is 17.3. The molecule has 31 heavy (non-hydrogen) atoms. The van der Waals surface area contributed by atoms with E-state index in [0.717, 1.165) is 5.56 Å². The van der Waals surface area contributed by atoms with Crippen LogP contribution in [-0.2, 0) is 11.4 Å². The van der Waals surface area contributed by atoms with Crippen LogP contribution in [0, 0.1) is 11.3 Å². The molecule has 6 heteroatoms. The zero-order chi connectivity index (χ0) is 22.1. The lowest BCUT2D eigenvalue weighted by Crippen LogP contribution is -2.13. The molecule has 0 fully saturated rings. The number of amides is 1. The standard InChI is InChI=1S/C25H22N2O4/c1-29-22-11-9-21(10-12-22)27-25(28)20(16-26)14-19-8-13-23(30-2)24(15-19)31-17-18-6-4-3-5-7-18/h3-15H,17H2,1-2H3,(H,27,28)/b20-14+. The van der Waals surface area contributed by atoms with Crippen molar-refractivity contribution in [3.63, 3.8) is 0 Å². The molecular weight excluding hydrogens is 392 g/mol. The number of anilines is 1. The van der Waals surface area contributed by atoms with E-state index in [-0.39, 0.29) is 5.57 Å². The largest absolute Gasteiger partial charge is 0.497 e. The van der Waals surface area contributed by atoms with Gasteiger partial charge in [-0.25, -0.2) is 0 Å². The lowest BCUT2D eigenvalue weighted by molar-refractivity contribution is -0.112. The minimum Gasteiger partial charge on any atom is -0.497 e. The summed E-state index contributed by atoms with van der Waals surface area (Å²) >= 11 is 0. The highest BCUT2D eigenvalue weighted by molar-refractivity contribution is 6.09. The molecule has 0 saturated heterocycles. The van der Waals surface area contributed by atoms with Gasteiger partial charge in [-0.1, -0.05) is 36.4 Å². The molecule has 6 nitrogen and oxygen atoms in total. The average Bonchev–Trinajstić information content (AvgIpc) is 2.82. The van der Waals surface area contributed by atoms with Gasteiger partial charge in [0.25, 0.3) is 5.91 Å². The summed E-state index contributed by atoms with van der Waals surface area (Å²) in [6.07, 6.45) is 1.51. The van der Waals surface area contributed by atoms with Gasteiger partial charge in [0.2, 0.25) is 0 Å². The summed E-state index contributed by atoms with van der Waals surface area (Å²) in [5.74, 6) is 1.26. The molecule has 0 aliphatic carbocycles. The van der Waals surface area contributed by atoms with Crippen molar-refractivity contribution >= 4 is 17.7 Å². The molecule has 156 valence electrons. The Hall–Kier alpha value is -4.24. The molecule has 3 aromatic rings. The molecule has 0 saturated carbocycles. The third-order valence-electron chi connectivity index (χ3n) is 4.45. The fourth-order valence-electron chi connectivity index (χ4n) is 2.82. The number of carbonyl (C=O) groups excluding carboxylic acids is 1. The number of nitrogens with one attached hydrogen (secondary N) is 1. The fraction of sp³-hybridized carbons (Fsp3) is 0.120. The maximum atomic E-state index is 12.5. The number of nitrogens with zero attached hydrogens (tertiary/aromatic N) is 1. The van der Waals surface area contributed by atoms with Crippen LogP contribution in [0.5, 0.6) is 17.2 Å². The molecule has 0 atom stereocenters. The first-order valence-corrected chi connectivity index (χ1v) is 9.55. The Morgan fingerprint density at radius 2 is 1.71 bits per heavy atom. The van der Waals surface area contributed by atoms with Crippen molar-refractivity contribution in [2.24, 2.45) is 0 Å². The quantitative estimate of drug-likeness (QED) is 0.422. The van der Waals surface area contributed by atoms with Crippen LogP contribution in [0.15, 0.2) is 78.4 Å². The summed E-state index contributed by atoms with van der Waals surface area (Å²) in [6, 6.07) is 23.8. The van der Waals surface area contributed by atoms with Crippen LogP contribution < -0.4 is 19.5 Å². The van der Waals surface area contributed by atoms with Crippen LogP contribution in [-0.4, -0.2) is 20.1 Å². The highest BCUT2D eigenvalue weighted by Crippen LogP contribution is 2.30. The predicted octanol–water partition coefficient (Wildman–Crippen LogP) is 4.83. The normalized spacial score (nSPS) is 10.7. The highest BCUT2D eigenvalue weighted by atomic mass is 16.5. The van der Waals surface area contributed by atoms with Crippen LogP contribution >= 0.6 is 0 Å². The Labute approximate surface area is 181 Å². The second-order valence-electron chi connectivity index (χ2n) is 6.54. The van der Waals surface area contributed by atoms with E-state index in [4.69, 9.17) is 14.2 Å². The zero-order valence-electron chi connectivity index (χ0n) is 17.3. The van der Waals surface area contributed by atoms with E-state index in [0.29, 0.717) is 35.1 Å². The first kappa shape index (κ1) is 21.5. The lowest BCUT2D eigenvalue weighted by atomic mass is 10.1. The number of nitriles is 1. The molecule has 3 aromatic carbocycles. The Balaban J connectivity index is 1.77. The van der Waals surface area contributed by atoms with Crippen LogP contribution in [0.3, 0.4) is 0 Å². The van der Waals surface area contributed by atoms with Gasteiger partial charge in [-0.05, 0) is 53.6 Å². The van der Waals surface area contributed by atoms with Gasteiger partial charge >= 0.3 is 0 Å². The first-order chi connectivity index (χ1) is 15.1. The summed E-state index contributed by atoms with van der Waals surface area (Å²) in [5, 5.41) is 12.2. The number of rotatable bonds is 8. The van der Waals surface area contributed by atoms with E-state index in [2.05, 4.69) is 5.32 Å². The molecule has 0 aromatic heterocycles. The summed E-state index contributed by atoms with van der Waals surface area (Å²) in [5.41, 5.74) is 2.19. The molecule has 0 aliphatic rings. The van der Waals surface area contributed by atoms with E-state index in [1.165, 1.54) is 6.08 Å². The summed E-state index contributed by atoms with van der Waals surface area (Å²) in [4.78, 5) is 12.5. The predicted molar refractivity (Wildman–Crippen MR) is 119 cm³/mol. The SMILES string of the molecule is COc1ccc(NC(=O)/C(C#N)=C/c2ccc(OC)c(OCc3ccccc3)c2)cc1. The molecule has 1 N–H and O–H groups in total. The van der Waals surface area contributed by atoms with Crippen LogP contribution in [0.25, 0.3) is 6.08 Å². The Morgan fingerprint density at radius 1 is 0.968 bits per heavy atom. The van der Waals surface area contributed by atoms with Gasteiger partial charge in [-0.2, -0.15) is 5.26 Å². The Morgan fingerprint density at radius 3 is 2.35 bits per heavy atom. The van der Waals surface area contributed by atoms with E-state index in [9.17, 15) is 10.1 Å². The molecule has 0 unspecified atom stereocenters. The molecular formula is C25H22N2O4. The van der Waals surface area contributed by atoms with Crippen LogP contribution in [0.2, 0.25) is 0 Å². The molecule has 0 spiro atoms. The molecule has 0 bridgehead atoms. The molecule has 3 rings (SSSR count). The van der Waals surface area contributed by atoms with Crippen molar-refractivity contribution < 1.29 is 19.0 Å². The van der Waals surface area contributed by atoms with E-state index in [1.54, 1.807) is 56.7 Å². The highest BCUT2D eigenvalue weighted by Gasteiger charge is 2.11. The van der Waals surface area contributed by atoms with Crippen molar-refractivity contribution in [2.45, 2.75) is 6.61 Å². The Kier molecular flexibility index (Phi) is 7.28.